The topological polar surface area (TPSA) is 54.0 Å². The second kappa shape index (κ2) is 6.19. The number of hydrogen-bond donors (Lipinski definition) is 2. The van der Waals surface area contributed by atoms with Crippen LogP contribution in [-0.2, 0) is 0 Å². The van der Waals surface area contributed by atoms with Crippen molar-refractivity contribution in [2.45, 2.75) is 0 Å². The van der Waals surface area contributed by atoms with Crippen LogP contribution in [-0.4, -0.2) is 10.9 Å². The van der Waals surface area contributed by atoms with Gasteiger partial charge in [-0.05, 0) is 35.7 Å². The third-order valence-electron chi connectivity index (χ3n) is 2.81. The number of nitrogens with one attached hydrogen (secondary N) is 2. The van der Waals surface area contributed by atoms with Crippen LogP contribution in [0, 0.1) is 0 Å². The van der Waals surface area contributed by atoms with Crippen LogP contribution in [0.25, 0.3) is 0 Å². The van der Waals surface area contributed by atoms with Crippen molar-refractivity contribution in [1.82, 2.24) is 4.98 Å². The number of aromatic nitrogens is 1. The minimum absolute atomic E-state index is 0.138. The first-order valence-electron chi connectivity index (χ1n) is 6.44. The van der Waals surface area contributed by atoms with Crippen LogP contribution in [0.15, 0.2) is 66.2 Å². The molecule has 2 N–H and O–H groups in total. The fourth-order valence-corrected chi connectivity index (χ4v) is 2.43. The average Bonchev–Trinajstić information content (AvgIpc) is 3.05. The van der Waals surface area contributed by atoms with Gasteiger partial charge in [-0.15, -0.1) is 11.3 Å². The standard InChI is InChI=1S/C16H13N3OS/c20-16(14-7-4-10-21-14)19-15-9-8-13(11-17-15)18-12-5-2-1-3-6-12/h1-11,18H,(H,17,19,20). The lowest BCUT2D eigenvalue weighted by Gasteiger charge is -2.07. The highest BCUT2D eigenvalue weighted by atomic mass is 32.1. The maximum absolute atomic E-state index is 11.9. The summed E-state index contributed by atoms with van der Waals surface area (Å²) in [6.07, 6.45) is 1.69. The van der Waals surface area contributed by atoms with Crippen LogP contribution in [0.4, 0.5) is 17.2 Å². The molecule has 0 atom stereocenters. The number of nitrogens with zero attached hydrogens (tertiary/aromatic N) is 1. The first-order chi connectivity index (χ1) is 10.3. The van der Waals surface area contributed by atoms with Crippen molar-refractivity contribution < 1.29 is 4.79 Å². The third kappa shape index (κ3) is 3.46. The Bertz CT molecular complexity index is 709. The van der Waals surface area contributed by atoms with Crippen molar-refractivity contribution in [2.75, 3.05) is 10.6 Å². The van der Waals surface area contributed by atoms with Gasteiger partial charge < -0.3 is 10.6 Å². The predicted molar refractivity (Wildman–Crippen MR) is 86.2 cm³/mol. The second-order valence-electron chi connectivity index (χ2n) is 4.35. The number of para-hydroxylation sites is 1. The number of carbonyl (C=O) groups is 1. The molecule has 0 bridgehead atoms. The Morgan fingerprint density at radius 1 is 0.952 bits per heavy atom. The summed E-state index contributed by atoms with van der Waals surface area (Å²) in [5, 5.41) is 7.88. The molecule has 0 fully saturated rings. The molecule has 0 saturated heterocycles. The van der Waals surface area contributed by atoms with Crippen molar-refractivity contribution in [1.29, 1.82) is 0 Å². The maximum atomic E-state index is 11.9. The number of carbonyl (C=O) groups excluding carboxylic acids is 1. The molecular weight excluding hydrogens is 282 g/mol. The Labute approximate surface area is 126 Å². The molecule has 0 aliphatic heterocycles. The fraction of sp³-hybridized carbons (Fsp3) is 0. The molecule has 0 radical (unpaired) electrons. The zero-order chi connectivity index (χ0) is 14.5. The molecule has 0 unspecified atom stereocenters. The summed E-state index contributed by atoms with van der Waals surface area (Å²) in [4.78, 5) is 16.8. The molecule has 0 saturated carbocycles. The SMILES string of the molecule is O=C(Nc1ccc(Nc2ccccc2)cn1)c1cccs1. The van der Waals surface area contributed by atoms with Crippen molar-refractivity contribution in [2.24, 2.45) is 0 Å². The first-order valence-corrected chi connectivity index (χ1v) is 7.32. The summed E-state index contributed by atoms with van der Waals surface area (Å²) < 4.78 is 0. The molecule has 1 aromatic carbocycles. The van der Waals surface area contributed by atoms with E-state index in [0.29, 0.717) is 10.7 Å². The summed E-state index contributed by atoms with van der Waals surface area (Å²) >= 11 is 1.40. The van der Waals surface area contributed by atoms with Gasteiger partial charge in [-0.3, -0.25) is 4.79 Å². The molecule has 21 heavy (non-hydrogen) atoms. The van der Waals surface area contributed by atoms with Gasteiger partial charge in [0.1, 0.15) is 5.82 Å². The Hall–Kier alpha value is -2.66. The van der Waals surface area contributed by atoms with Crippen LogP contribution >= 0.6 is 11.3 Å². The average molecular weight is 295 g/mol. The number of anilines is 3. The smallest absolute Gasteiger partial charge is 0.266 e. The lowest BCUT2D eigenvalue weighted by atomic mass is 10.3. The van der Waals surface area contributed by atoms with Gasteiger partial charge in [0.15, 0.2) is 0 Å². The van der Waals surface area contributed by atoms with Gasteiger partial charge in [0, 0.05) is 5.69 Å². The van der Waals surface area contributed by atoms with Gasteiger partial charge in [0.05, 0.1) is 16.8 Å². The second-order valence-corrected chi connectivity index (χ2v) is 5.30. The van der Waals surface area contributed by atoms with E-state index < -0.39 is 0 Å². The summed E-state index contributed by atoms with van der Waals surface area (Å²) in [6.45, 7) is 0. The highest BCUT2D eigenvalue weighted by molar-refractivity contribution is 7.12. The van der Waals surface area contributed by atoms with E-state index in [1.54, 1.807) is 18.3 Å². The van der Waals surface area contributed by atoms with E-state index in [1.165, 1.54) is 11.3 Å². The van der Waals surface area contributed by atoms with E-state index in [2.05, 4.69) is 15.6 Å². The zero-order valence-corrected chi connectivity index (χ0v) is 11.9. The summed E-state index contributed by atoms with van der Waals surface area (Å²) in [5.41, 5.74) is 1.87. The molecule has 5 heteroatoms. The van der Waals surface area contributed by atoms with Crippen LogP contribution < -0.4 is 10.6 Å². The van der Waals surface area contributed by atoms with Gasteiger partial charge in [-0.25, -0.2) is 4.98 Å². The van der Waals surface area contributed by atoms with Crippen molar-refractivity contribution in [3.05, 3.63) is 71.1 Å². The number of amides is 1. The van der Waals surface area contributed by atoms with Gasteiger partial charge in [-0.1, -0.05) is 24.3 Å². The molecule has 0 aliphatic carbocycles. The van der Waals surface area contributed by atoms with E-state index in [-0.39, 0.29) is 5.91 Å². The molecule has 3 aromatic rings. The van der Waals surface area contributed by atoms with Crippen molar-refractivity contribution in [3.8, 4) is 0 Å². The number of hydrogen-bond acceptors (Lipinski definition) is 4. The highest BCUT2D eigenvalue weighted by Crippen LogP contribution is 2.17. The molecule has 0 aliphatic rings. The molecule has 2 aromatic heterocycles. The van der Waals surface area contributed by atoms with E-state index in [9.17, 15) is 4.79 Å². The van der Waals surface area contributed by atoms with Crippen LogP contribution in [0.2, 0.25) is 0 Å². The van der Waals surface area contributed by atoms with Gasteiger partial charge in [-0.2, -0.15) is 0 Å². The zero-order valence-electron chi connectivity index (χ0n) is 11.1. The number of rotatable bonds is 4. The number of thiophene rings is 1. The Balaban J connectivity index is 1.65. The van der Waals surface area contributed by atoms with Gasteiger partial charge >= 0.3 is 0 Å². The number of pyridine rings is 1. The van der Waals surface area contributed by atoms with Gasteiger partial charge in [0.25, 0.3) is 5.91 Å². The maximum Gasteiger partial charge on any atom is 0.266 e. The van der Waals surface area contributed by atoms with Crippen LogP contribution in [0.5, 0.6) is 0 Å². The molecule has 4 nitrogen and oxygen atoms in total. The summed E-state index contributed by atoms with van der Waals surface area (Å²) in [7, 11) is 0. The van der Waals surface area contributed by atoms with Crippen LogP contribution in [0.1, 0.15) is 9.67 Å². The highest BCUT2D eigenvalue weighted by Gasteiger charge is 2.07. The van der Waals surface area contributed by atoms with Crippen molar-refractivity contribution in [3.63, 3.8) is 0 Å². The van der Waals surface area contributed by atoms with Crippen LogP contribution in [0.3, 0.4) is 0 Å². The lowest BCUT2D eigenvalue weighted by molar-refractivity contribution is 0.103. The Kier molecular flexibility index (Phi) is 3.93. The monoisotopic (exact) mass is 295 g/mol. The Morgan fingerprint density at radius 3 is 2.48 bits per heavy atom. The molecule has 3 rings (SSSR count). The molecule has 0 spiro atoms. The van der Waals surface area contributed by atoms with Crippen molar-refractivity contribution >= 4 is 34.4 Å². The lowest BCUT2D eigenvalue weighted by Crippen LogP contribution is -2.11. The van der Waals surface area contributed by atoms with E-state index in [1.807, 2.05) is 47.8 Å². The summed E-state index contributed by atoms with van der Waals surface area (Å²) in [5.74, 6) is 0.397. The first kappa shape index (κ1) is 13.3. The third-order valence-corrected chi connectivity index (χ3v) is 3.68. The molecule has 1 amide bonds. The van der Waals surface area contributed by atoms with E-state index in [0.717, 1.165) is 11.4 Å². The minimum atomic E-state index is -0.138. The predicted octanol–water partition coefficient (Wildman–Crippen LogP) is 4.14. The minimum Gasteiger partial charge on any atom is -0.354 e. The quantitative estimate of drug-likeness (QED) is 0.760. The summed E-state index contributed by atoms with van der Waals surface area (Å²) in [6, 6.07) is 17.1. The van der Waals surface area contributed by atoms with E-state index in [4.69, 9.17) is 0 Å². The normalized spacial score (nSPS) is 10.1. The van der Waals surface area contributed by atoms with E-state index >= 15 is 0 Å². The molecule has 2 heterocycles. The molecule has 104 valence electrons. The fourth-order valence-electron chi connectivity index (χ4n) is 1.82. The Morgan fingerprint density at radius 2 is 1.81 bits per heavy atom. The number of benzene rings is 1. The molecular formula is C16H13N3OS. The van der Waals surface area contributed by atoms with Gasteiger partial charge in [0.2, 0.25) is 0 Å². The largest absolute Gasteiger partial charge is 0.354 e.